The van der Waals surface area contributed by atoms with Crippen LogP contribution in [0.4, 0.5) is 5.13 Å². The summed E-state index contributed by atoms with van der Waals surface area (Å²) in [5.74, 6) is 0.561. The summed E-state index contributed by atoms with van der Waals surface area (Å²) >= 11 is 1.73. The molecule has 130 valence electrons. The lowest BCUT2D eigenvalue weighted by molar-refractivity contribution is 0.650. The monoisotopic (exact) mass is 352 g/mol. The second kappa shape index (κ2) is 6.64. The molecule has 0 radical (unpaired) electrons. The highest BCUT2D eigenvalue weighted by atomic mass is 32.1. The lowest BCUT2D eigenvalue weighted by Crippen LogP contribution is -2.31. The van der Waals surface area contributed by atoms with Gasteiger partial charge < -0.3 is 9.47 Å². The highest BCUT2D eigenvalue weighted by molar-refractivity contribution is 7.14. The summed E-state index contributed by atoms with van der Waals surface area (Å²) in [5.41, 5.74) is 6.22. The third-order valence-electron chi connectivity index (χ3n) is 4.97. The summed E-state index contributed by atoms with van der Waals surface area (Å²) in [6, 6.07) is 8.80. The van der Waals surface area contributed by atoms with Crippen LogP contribution in [0.25, 0.3) is 11.3 Å². The smallest absolute Gasteiger partial charge is 0.186 e. The van der Waals surface area contributed by atoms with E-state index in [4.69, 9.17) is 4.98 Å². The number of benzene rings is 1. The van der Waals surface area contributed by atoms with E-state index in [-0.39, 0.29) is 0 Å². The number of nitrogens with zero attached hydrogens (tertiary/aromatic N) is 4. The molecule has 0 saturated carbocycles. The molecule has 5 heteroatoms. The first kappa shape index (κ1) is 16.3. The Hall–Kier alpha value is -2.14. The van der Waals surface area contributed by atoms with E-state index in [9.17, 15) is 0 Å². The molecule has 2 aromatic heterocycles. The summed E-state index contributed by atoms with van der Waals surface area (Å²) < 4.78 is 2.26. The molecule has 1 aromatic carbocycles. The number of hydrogen-bond donors (Lipinski definition) is 0. The van der Waals surface area contributed by atoms with Gasteiger partial charge in [-0.3, -0.25) is 0 Å². The van der Waals surface area contributed by atoms with E-state index in [1.165, 1.54) is 22.5 Å². The van der Waals surface area contributed by atoms with Gasteiger partial charge in [0, 0.05) is 36.1 Å². The predicted molar refractivity (Wildman–Crippen MR) is 104 cm³/mol. The third-order valence-corrected chi connectivity index (χ3v) is 5.87. The Morgan fingerprint density at radius 1 is 1.20 bits per heavy atom. The fraction of sp³-hybridized carbons (Fsp3) is 0.400. The Morgan fingerprint density at radius 3 is 2.72 bits per heavy atom. The maximum Gasteiger partial charge on any atom is 0.186 e. The van der Waals surface area contributed by atoms with Gasteiger partial charge in [-0.25, -0.2) is 9.97 Å². The standard InChI is InChI=1S/C20H24N4S/c1-4-23-13-21-17-11-24(10-9-19(17)23)20-22-18(12-25-20)16-7-5-15(6-8-16)14(2)3/h5-8,12-14H,4,9-11H2,1-3H3. The molecule has 4 rings (SSSR count). The molecule has 0 unspecified atom stereocenters. The van der Waals surface area contributed by atoms with Crippen LogP contribution in [0.2, 0.25) is 0 Å². The zero-order chi connectivity index (χ0) is 17.4. The van der Waals surface area contributed by atoms with Crippen LogP contribution in [-0.2, 0) is 19.5 Å². The van der Waals surface area contributed by atoms with Crippen molar-refractivity contribution in [3.8, 4) is 11.3 Å². The van der Waals surface area contributed by atoms with Crippen molar-refractivity contribution in [2.45, 2.75) is 46.2 Å². The summed E-state index contributed by atoms with van der Waals surface area (Å²) in [7, 11) is 0. The molecule has 0 bridgehead atoms. The van der Waals surface area contributed by atoms with Crippen LogP contribution in [0, 0.1) is 0 Å². The number of imidazole rings is 1. The van der Waals surface area contributed by atoms with Crippen molar-refractivity contribution in [3.63, 3.8) is 0 Å². The van der Waals surface area contributed by atoms with E-state index in [0.29, 0.717) is 5.92 Å². The number of fused-ring (bicyclic) bond motifs is 1. The average molecular weight is 353 g/mol. The van der Waals surface area contributed by atoms with E-state index in [2.05, 4.69) is 64.9 Å². The maximum absolute atomic E-state index is 4.89. The van der Waals surface area contributed by atoms with E-state index in [1.54, 1.807) is 11.3 Å². The van der Waals surface area contributed by atoms with Crippen molar-refractivity contribution in [1.82, 2.24) is 14.5 Å². The predicted octanol–water partition coefficient (Wildman–Crippen LogP) is 4.71. The number of aromatic nitrogens is 3. The number of rotatable bonds is 4. The maximum atomic E-state index is 4.89. The third kappa shape index (κ3) is 3.09. The molecule has 1 aliphatic rings. The Morgan fingerprint density at radius 2 is 2.00 bits per heavy atom. The van der Waals surface area contributed by atoms with Crippen molar-refractivity contribution in [1.29, 1.82) is 0 Å². The number of hydrogen-bond acceptors (Lipinski definition) is 4. The van der Waals surface area contributed by atoms with Crippen molar-refractivity contribution in [3.05, 3.63) is 52.9 Å². The Balaban J connectivity index is 1.53. The molecular weight excluding hydrogens is 328 g/mol. The van der Waals surface area contributed by atoms with Gasteiger partial charge in [-0.2, -0.15) is 0 Å². The minimum Gasteiger partial charge on any atom is -0.342 e. The van der Waals surface area contributed by atoms with Crippen LogP contribution in [0.3, 0.4) is 0 Å². The van der Waals surface area contributed by atoms with Gasteiger partial charge in [0.1, 0.15) is 0 Å². The van der Waals surface area contributed by atoms with Gasteiger partial charge in [0.05, 0.1) is 24.3 Å². The van der Waals surface area contributed by atoms with Crippen molar-refractivity contribution in [2.75, 3.05) is 11.4 Å². The molecule has 0 spiro atoms. The van der Waals surface area contributed by atoms with Gasteiger partial charge >= 0.3 is 0 Å². The molecule has 0 fully saturated rings. The second-order valence-electron chi connectivity index (χ2n) is 6.89. The summed E-state index contributed by atoms with van der Waals surface area (Å²) in [6.45, 7) is 9.49. The van der Waals surface area contributed by atoms with Crippen LogP contribution in [0.1, 0.15) is 43.6 Å². The molecule has 1 aliphatic heterocycles. The molecule has 3 heterocycles. The molecule has 0 amide bonds. The van der Waals surface area contributed by atoms with Gasteiger partial charge in [0.15, 0.2) is 5.13 Å². The van der Waals surface area contributed by atoms with E-state index < -0.39 is 0 Å². The zero-order valence-electron chi connectivity index (χ0n) is 15.1. The highest BCUT2D eigenvalue weighted by Crippen LogP contribution is 2.31. The zero-order valence-corrected chi connectivity index (χ0v) is 15.9. The van der Waals surface area contributed by atoms with E-state index in [0.717, 1.165) is 36.9 Å². The first-order chi connectivity index (χ1) is 12.2. The normalized spacial score (nSPS) is 14.2. The minimum absolute atomic E-state index is 0.561. The van der Waals surface area contributed by atoms with Crippen LogP contribution in [-0.4, -0.2) is 21.1 Å². The second-order valence-corrected chi connectivity index (χ2v) is 7.72. The lowest BCUT2D eigenvalue weighted by atomic mass is 10.0. The summed E-state index contributed by atoms with van der Waals surface area (Å²) in [6.07, 6.45) is 3.01. The Kier molecular flexibility index (Phi) is 4.34. The number of anilines is 1. The van der Waals surface area contributed by atoms with Gasteiger partial charge in [-0.05, 0) is 18.4 Å². The number of aryl methyl sites for hydroxylation is 1. The minimum atomic E-state index is 0.561. The average Bonchev–Trinajstić information content (AvgIpc) is 3.28. The van der Waals surface area contributed by atoms with Gasteiger partial charge in [0.2, 0.25) is 0 Å². The van der Waals surface area contributed by atoms with Crippen LogP contribution in [0.5, 0.6) is 0 Å². The van der Waals surface area contributed by atoms with Gasteiger partial charge in [-0.15, -0.1) is 11.3 Å². The molecule has 0 saturated heterocycles. The Bertz CT molecular complexity index is 860. The van der Waals surface area contributed by atoms with Gasteiger partial charge in [-0.1, -0.05) is 38.1 Å². The van der Waals surface area contributed by atoms with Crippen LogP contribution < -0.4 is 4.90 Å². The molecule has 0 aliphatic carbocycles. The van der Waals surface area contributed by atoms with Crippen molar-refractivity contribution < 1.29 is 0 Å². The molecule has 3 aromatic rings. The van der Waals surface area contributed by atoms with Crippen LogP contribution >= 0.6 is 11.3 Å². The lowest BCUT2D eigenvalue weighted by Gasteiger charge is -2.26. The Labute approximate surface area is 153 Å². The largest absolute Gasteiger partial charge is 0.342 e. The molecule has 4 nitrogen and oxygen atoms in total. The topological polar surface area (TPSA) is 34.0 Å². The first-order valence-corrected chi connectivity index (χ1v) is 9.87. The molecule has 0 N–H and O–H groups in total. The summed E-state index contributed by atoms with van der Waals surface area (Å²) in [5, 5.41) is 3.26. The fourth-order valence-electron chi connectivity index (χ4n) is 3.39. The van der Waals surface area contributed by atoms with E-state index in [1.807, 2.05) is 6.33 Å². The quantitative estimate of drug-likeness (QED) is 0.682. The molecule has 0 atom stereocenters. The SMILES string of the molecule is CCn1cnc2c1CCN(c1nc(-c3ccc(C(C)C)cc3)cs1)C2. The van der Waals surface area contributed by atoms with Crippen molar-refractivity contribution in [2.24, 2.45) is 0 Å². The number of thiazole rings is 1. The fourth-order valence-corrected chi connectivity index (χ4v) is 4.25. The van der Waals surface area contributed by atoms with Gasteiger partial charge in [0.25, 0.3) is 0 Å². The van der Waals surface area contributed by atoms with Crippen LogP contribution in [0.15, 0.2) is 36.0 Å². The molecular formula is C20H24N4S. The highest BCUT2D eigenvalue weighted by Gasteiger charge is 2.22. The van der Waals surface area contributed by atoms with Crippen molar-refractivity contribution >= 4 is 16.5 Å². The molecule has 25 heavy (non-hydrogen) atoms. The summed E-state index contributed by atoms with van der Waals surface area (Å²) in [4.78, 5) is 11.8. The first-order valence-electron chi connectivity index (χ1n) is 8.99. The van der Waals surface area contributed by atoms with E-state index >= 15 is 0 Å².